The molecule has 0 atom stereocenters. The third-order valence-electron chi connectivity index (χ3n) is 3.61. The number of hydrogen-bond acceptors (Lipinski definition) is 3. The van der Waals surface area contributed by atoms with Crippen LogP contribution in [0.2, 0.25) is 5.02 Å². The monoisotopic (exact) mass is 306 g/mol. The molecular weight excluding hydrogens is 288 g/mol. The number of rotatable bonds is 6. The van der Waals surface area contributed by atoms with Crippen molar-refractivity contribution >= 4 is 28.6 Å². The van der Waals surface area contributed by atoms with E-state index < -0.39 is 0 Å². The fraction of sp³-hybridized carbons (Fsp3) is 0.375. The topological polar surface area (TPSA) is 15.3 Å². The molecule has 0 spiro atoms. The van der Waals surface area contributed by atoms with E-state index >= 15 is 0 Å². The fourth-order valence-corrected chi connectivity index (χ4v) is 3.43. The van der Waals surface area contributed by atoms with Crippen LogP contribution >= 0.6 is 22.9 Å². The van der Waals surface area contributed by atoms with E-state index in [1.807, 2.05) is 24.5 Å². The van der Waals surface area contributed by atoms with E-state index in [9.17, 15) is 0 Å². The molecule has 0 unspecified atom stereocenters. The first kappa shape index (κ1) is 13.9. The first-order valence-electron chi connectivity index (χ1n) is 7.00. The van der Waals surface area contributed by atoms with Crippen LogP contribution in [0, 0.1) is 0 Å². The summed E-state index contributed by atoms with van der Waals surface area (Å²) < 4.78 is 0. The summed E-state index contributed by atoms with van der Waals surface area (Å²) in [5.41, 5.74) is 2.60. The van der Waals surface area contributed by atoms with Gasteiger partial charge in [-0.3, -0.25) is 0 Å². The molecule has 0 saturated heterocycles. The zero-order chi connectivity index (χ0) is 13.9. The lowest BCUT2D eigenvalue weighted by atomic mass is 10.1. The highest BCUT2D eigenvalue weighted by Gasteiger charge is 2.30. The van der Waals surface area contributed by atoms with Crippen molar-refractivity contribution in [1.82, 2.24) is 5.32 Å². The smallest absolute Gasteiger partial charge is 0.0526 e. The number of nitrogens with one attached hydrogen (secondary N) is 1. The maximum Gasteiger partial charge on any atom is 0.0526 e. The SMILES string of the molecule is CNCc1cc(Cl)ccc1N(Cc1cccs1)C1CC1. The van der Waals surface area contributed by atoms with Gasteiger partial charge in [-0.2, -0.15) is 0 Å². The fourth-order valence-electron chi connectivity index (χ4n) is 2.53. The Kier molecular flexibility index (Phi) is 4.29. The Bertz CT molecular complexity index is 564. The summed E-state index contributed by atoms with van der Waals surface area (Å²) in [6, 6.07) is 11.3. The average Bonchev–Trinajstić information content (AvgIpc) is 3.15. The largest absolute Gasteiger partial charge is 0.363 e. The summed E-state index contributed by atoms with van der Waals surface area (Å²) in [6.07, 6.45) is 2.60. The van der Waals surface area contributed by atoms with Crippen molar-refractivity contribution in [2.75, 3.05) is 11.9 Å². The maximum atomic E-state index is 6.15. The molecule has 0 bridgehead atoms. The molecule has 2 aromatic rings. The first-order valence-corrected chi connectivity index (χ1v) is 8.25. The van der Waals surface area contributed by atoms with Gasteiger partial charge in [-0.15, -0.1) is 11.3 Å². The Morgan fingerprint density at radius 2 is 2.20 bits per heavy atom. The lowest BCUT2D eigenvalue weighted by Gasteiger charge is -2.27. The third-order valence-corrected chi connectivity index (χ3v) is 4.71. The molecule has 1 N–H and O–H groups in total. The summed E-state index contributed by atoms with van der Waals surface area (Å²) in [4.78, 5) is 3.96. The van der Waals surface area contributed by atoms with Crippen molar-refractivity contribution in [3.8, 4) is 0 Å². The molecule has 1 heterocycles. The van der Waals surface area contributed by atoms with Gasteiger partial charge in [-0.1, -0.05) is 17.7 Å². The summed E-state index contributed by atoms with van der Waals surface area (Å²) in [5, 5.41) is 6.20. The van der Waals surface area contributed by atoms with Crippen molar-refractivity contribution in [3.63, 3.8) is 0 Å². The molecule has 1 aromatic heterocycles. The van der Waals surface area contributed by atoms with Crippen LogP contribution in [0.4, 0.5) is 5.69 Å². The van der Waals surface area contributed by atoms with Crippen LogP contribution in [-0.4, -0.2) is 13.1 Å². The van der Waals surface area contributed by atoms with Gasteiger partial charge in [-0.25, -0.2) is 0 Å². The molecule has 3 rings (SSSR count). The number of anilines is 1. The molecule has 0 aliphatic heterocycles. The van der Waals surface area contributed by atoms with E-state index in [1.165, 1.54) is 29.0 Å². The van der Waals surface area contributed by atoms with Crippen LogP contribution in [-0.2, 0) is 13.1 Å². The van der Waals surface area contributed by atoms with Gasteiger partial charge in [0.25, 0.3) is 0 Å². The Balaban J connectivity index is 1.90. The Morgan fingerprint density at radius 1 is 1.35 bits per heavy atom. The Labute approximate surface area is 129 Å². The van der Waals surface area contributed by atoms with E-state index in [1.54, 1.807) is 0 Å². The highest BCUT2D eigenvalue weighted by Crippen LogP contribution is 2.36. The molecule has 1 aliphatic rings. The third kappa shape index (κ3) is 3.17. The van der Waals surface area contributed by atoms with Crippen molar-refractivity contribution in [2.45, 2.75) is 32.0 Å². The van der Waals surface area contributed by atoms with Gasteiger partial charge < -0.3 is 10.2 Å². The number of hydrogen-bond donors (Lipinski definition) is 1. The van der Waals surface area contributed by atoms with Gasteiger partial charge in [0.2, 0.25) is 0 Å². The highest BCUT2D eigenvalue weighted by atomic mass is 35.5. The lowest BCUT2D eigenvalue weighted by Crippen LogP contribution is -2.26. The van der Waals surface area contributed by atoms with Gasteiger partial charge in [0.05, 0.1) is 6.54 Å². The Hall–Kier alpha value is -1.03. The van der Waals surface area contributed by atoms with E-state index in [-0.39, 0.29) is 0 Å². The Morgan fingerprint density at radius 3 is 2.85 bits per heavy atom. The molecule has 4 heteroatoms. The predicted octanol–water partition coefficient (Wildman–Crippen LogP) is 4.29. The molecule has 2 nitrogen and oxygen atoms in total. The molecule has 1 aliphatic carbocycles. The van der Waals surface area contributed by atoms with Crippen molar-refractivity contribution < 1.29 is 0 Å². The van der Waals surface area contributed by atoms with E-state index in [4.69, 9.17) is 11.6 Å². The zero-order valence-corrected chi connectivity index (χ0v) is 13.2. The highest BCUT2D eigenvalue weighted by molar-refractivity contribution is 7.09. The van der Waals surface area contributed by atoms with Crippen molar-refractivity contribution in [1.29, 1.82) is 0 Å². The van der Waals surface area contributed by atoms with Gasteiger partial charge in [0.15, 0.2) is 0 Å². The first-order chi connectivity index (χ1) is 9.78. The number of thiophene rings is 1. The van der Waals surface area contributed by atoms with Gasteiger partial charge in [0.1, 0.15) is 0 Å². The lowest BCUT2D eigenvalue weighted by molar-refractivity contribution is 0.770. The van der Waals surface area contributed by atoms with Crippen LogP contribution in [0.5, 0.6) is 0 Å². The summed E-state index contributed by atoms with van der Waals surface area (Å²) in [5.74, 6) is 0. The van der Waals surface area contributed by atoms with Gasteiger partial charge >= 0.3 is 0 Å². The summed E-state index contributed by atoms with van der Waals surface area (Å²) >= 11 is 7.98. The van der Waals surface area contributed by atoms with Gasteiger partial charge in [0, 0.05) is 28.2 Å². The molecule has 0 amide bonds. The molecule has 1 saturated carbocycles. The summed E-state index contributed by atoms with van der Waals surface area (Å²) in [7, 11) is 1.98. The number of benzene rings is 1. The minimum Gasteiger partial charge on any atom is -0.363 e. The van der Waals surface area contributed by atoms with E-state index in [0.29, 0.717) is 6.04 Å². The number of nitrogens with zero attached hydrogens (tertiary/aromatic N) is 1. The van der Waals surface area contributed by atoms with Crippen molar-refractivity contribution in [3.05, 3.63) is 51.2 Å². The van der Waals surface area contributed by atoms with Crippen LogP contribution in [0.15, 0.2) is 35.7 Å². The van der Waals surface area contributed by atoms with Crippen LogP contribution < -0.4 is 10.2 Å². The molecule has 1 fully saturated rings. The van der Waals surface area contributed by atoms with Crippen LogP contribution in [0.3, 0.4) is 0 Å². The van der Waals surface area contributed by atoms with E-state index in [0.717, 1.165) is 18.1 Å². The molecule has 0 radical (unpaired) electrons. The molecular formula is C16H19ClN2S. The standard InChI is InChI=1S/C16H19ClN2S/c1-18-10-12-9-13(17)4-7-16(12)19(14-5-6-14)11-15-3-2-8-20-15/h2-4,7-9,14,18H,5-6,10-11H2,1H3. The van der Waals surface area contributed by atoms with Crippen LogP contribution in [0.25, 0.3) is 0 Å². The minimum absolute atomic E-state index is 0.689. The maximum absolute atomic E-state index is 6.15. The second kappa shape index (κ2) is 6.17. The minimum atomic E-state index is 0.689. The average molecular weight is 307 g/mol. The molecule has 1 aromatic carbocycles. The molecule has 106 valence electrons. The quantitative estimate of drug-likeness (QED) is 0.856. The van der Waals surface area contributed by atoms with Crippen LogP contribution in [0.1, 0.15) is 23.3 Å². The van der Waals surface area contributed by atoms with Gasteiger partial charge in [-0.05, 0) is 55.1 Å². The second-order valence-corrected chi connectivity index (χ2v) is 6.71. The van der Waals surface area contributed by atoms with Crippen molar-refractivity contribution in [2.24, 2.45) is 0 Å². The van der Waals surface area contributed by atoms with E-state index in [2.05, 4.69) is 39.9 Å². The summed E-state index contributed by atoms with van der Waals surface area (Å²) in [6.45, 7) is 1.85. The number of halogens is 1. The zero-order valence-electron chi connectivity index (χ0n) is 11.6. The molecule has 20 heavy (non-hydrogen) atoms. The second-order valence-electron chi connectivity index (χ2n) is 5.24. The normalized spacial score (nSPS) is 14.5. The predicted molar refractivity (Wildman–Crippen MR) is 87.7 cm³/mol.